The average Bonchev–Trinajstić information content (AvgIpc) is 3.22. The van der Waals surface area contributed by atoms with Crippen LogP contribution in [0.1, 0.15) is 46.5 Å². The molecule has 0 unspecified atom stereocenters. The Kier molecular flexibility index (Phi) is 10.6. The maximum absolute atomic E-state index is 12.5. The summed E-state index contributed by atoms with van der Waals surface area (Å²) in [6.45, 7) is 4.18. The number of alkyl halides is 3. The van der Waals surface area contributed by atoms with Crippen LogP contribution in [0.3, 0.4) is 0 Å². The molecule has 0 saturated carbocycles. The van der Waals surface area contributed by atoms with E-state index in [-0.39, 0.29) is 11.9 Å². The number of aliphatic carboxylic acids is 1. The second-order valence-electron chi connectivity index (χ2n) is 7.97. The number of nitrogens with zero attached hydrogens (tertiary/aromatic N) is 2. The standard InChI is InChI=1S/C24H26N4O3.C2HF3O2/c1-3-31-24(30)23-16-28(14-20-6-4-5-19(11-20)13-26-25)15-21(23)12-18-7-9-22(10-8-18)27-17(2)29;3-2(4,5)1(6)7/h4-11,13,15-16H,3,12,14,25H2,1-2H3,(H,27,29);(H,6,7). The maximum atomic E-state index is 12.5. The van der Waals surface area contributed by atoms with E-state index in [1.807, 2.05) is 65.5 Å². The molecule has 0 aliphatic heterocycles. The number of carboxylic acids is 1. The maximum Gasteiger partial charge on any atom is 0.490 e. The van der Waals surface area contributed by atoms with Crippen molar-refractivity contribution in [3.63, 3.8) is 0 Å². The second-order valence-corrected chi connectivity index (χ2v) is 7.97. The van der Waals surface area contributed by atoms with Crippen molar-refractivity contribution in [3.05, 3.63) is 88.7 Å². The number of anilines is 1. The largest absolute Gasteiger partial charge is 0.490 e. The zero-order valence-electron chi connectivity index (χ0n) is 20.7. The molecular weight excluding hydrogens is 505 g/mol. The molecule has 4 N–H and O–H groups in total. The summed E-state index contributed by atoms with van der Waals surface area (Å²) in [7, 11) is 0. The number of nitrogens with two attached hydrogens (primary N) is 1. The van der Waals surface area contributed by atoms with Gasteiger partial charge in [0.25, 0.3) is 0 Å². The number of halogens is 3. The first-order valence-corrected chi connectivity index (χ1v) is 11.3. The molecule has 0 fully saturated rings. The van der Waals surface area contributed by atoms with Crippen molar-refractivity contribution in [2.24, 2.45) is 10.9 Å². The first-order valence-electron chi connectivity index (χ1n) is 11.3. The number of carboxylic acid groups (broad SMARTS) is 1. The topological polar surface area (TPSA) is 136 Å². The molecule has 3 aromatic rings. The van der Waals surface area contributed by atoms with E-state index < -0.39 is 12.1 Å². The molecule has 0 aliphatic carbocycles. The fourth-order valence-corrected chi connectivity index (χ4v) is 3.38. The van der Waals surface area contributed by atoms with Crippen LogP contribution in [-0.2, 0) is 27.3 Å². The fourth-order valence-electron chi connectivity index (χ4n) is 3.38. The number of esters is 1. The van der Waals surface area contributed by atoms with Gasteiger partial charge in [-0.1, -0.05) is 30.3 Å². The van der Waals surface area contributed by atoms with Gasteiger partial charge in [0.05, 0.1) is 18.4 Å². The van der Waals surface area contributed by atoms with E-state index in [2.05, 4.69) is 10.4 Å². The predicted octanol–water partition coefficient (Wildman–Crippen LogP) is 4.19. The van der Waals surface area contributed by atoms with Crippen LogP contribution >= 0.6 is 0 Å². The van der Waals surface area contributed by atoms with Crippen LogP contribution in [0.4, 0.5) is 18.9 Å². The zero-order valence-corrected chi connectivity index (χ0v) is 20.7. The first kappa shape index (κ1) is 29.6. The van der Waals surface area contributed by atoms with Crippen LogP contribution in [0, 0.1) is 0 Å². The number of hydrazone groups is 1. The van der Waals surface area contributed by atoms with Crippen molar-refractivity contribution in [1.29, 1.82) is 0 Å². The molecular formula is C26H27F3N4O5. The molecule has 0 aliphatic rings. The highest BCUT2D eigenvalue weighted by atomic mass is 19.4. The molecule has 9 nitrogen and oxygen atoms in total. The summed E-state index contributed by atoms with van der Waals surface area (Å²) in [6.07, 6.45) is 0.876. The molecule has 0 radical (unpaired) electrons. The fraction of sp³-hybridized carbons (Fsp3) is 0.231. The molecule has 3 rings (SSSR count). The Balaban J connectivity index is 0.000000638. The van der Waals surface area contributed by atoms with E-state index in [1.54, 1.807) is 13.1 Å². The van der Waals surface area contributed by atoms with Crippen molar-refractivity contribution in [1.82, 2.24) is 4.57 Å². The number of benzene rings is 2. The van der Waals surface area contributed by atoms with Gasteiger partial charge in [-0.05, 0) is 53.8 Å². The molecule has 12 heteroatoms. The lowest BCUT2D eigenvalue weighted by Gasteiger charge is -2.06. The highest BCUT2D eigenvalue weighted by Crippen LogP contribution is 2.20. The number of ether oxygens (including phenoxy) is 1. The monoisotopic (exact) mass is 532 g/mol. The highest BCUT2D eigenvalue weighted by Gasteiger charge is 2.38. The van der Waals surface area contributed by atoms with Crippen molar-refractivity contribution < 1.29 is 37.4 Å². The molecule has 0 saturated heterocycles. The number of rotatable bonds is 8. The van der Waals surface area contributed by atoms with Gasteiger partial charge in [0.2, 0.25) is 5.91 Å². The van der Waals surface area contributed by atoms with Crippen molar-refractivity contribution in [2.45, 2.75) is 33.0 Å². The molecule has 0 atom stereocenters. The molecule has 2 aromatic carbocycles. The molecule has 1 amide bonds. The predicted molar refractivity (Wildman–Crippen MR) is 135 cm³/mol. The van der Waals surface area contributed by atoms with E-state index in [0.29, 0.717) is 25.1 Å². The number of hydrogen-bond acceptors (Lipinski definition) is 6. The summed E-state index contributed by atoms with van der Waals surface area (Å²) < 4.78 is 39.0. The summed E-state index contributed by atoms with van der Waals surface area (Å²) in [6, 6.07) is 15.5. The third-order valence-electron chi connectivity index (χ3n) is 4.91. The van der Waals surface area contributed by atoms with Gasteiger partial charge >= 0.3 is 18.1 Å². The molecule has 202 valence electrons. The van der Waals surface area contributed by atoms with E-state index in [1.165, 1.54) is 6.92 Å². The molecule has 0 bridgehead atoms. The van der Waals surface area contributed by atoms with E-state index in [9.17, 15) is 22.8 Å². The molecule has 1 aromatic heterocycles. The quantitative estimate of drug-likeness (QED) is 0.172. The van der Waals surface area contributed by atoms with E-state index in [0.717, 1.165) is 27.9 Å². The summed E-state index contributed by atoms with van der Waals surface area (Å²) >= 11 is 0. The Morgan fingerprint density at radius 1 is 1.11 bits per heavy atom. The third kappa shape index (κ3) is 9.45. The normalized spacial score (nSPS) is 11.0. The van der Waals surface area contributed by atoms with Crippen LogP contribution in [0.25, 0.3) is 0 Å². The molecule has 0 spiro atoms. The van der Waals surface area contributed by atoms with Gasteiger partial charge in [-0.2, -0.15) is 18.3 Å². The van der Waals surface area contributed by atoms with Gasteiger partial charge in [-0.15, -0.1) is 0 Å². The Morgan fingerprint density at radius 2 is 1.76 bits per heavy atom. The highest BCUT2D eigenvalue weighted by molar-refractivity contribution is 5.91. The summed E-state index contributed by atoms with van der Waals surface area (Å²) in [5.74, 6) is 2.04. The lowest BCUT2D eigenvalue weighted by atomic mass is 10.0. The number of nitrogens with one attached hydrogen (secondary N) is 1. The number of carbonyl (C=O) groups is 3. The van der Waals surface area contributed by atoms with Crippen LogP contribution < -0.4 is 11.2 Å². The van der Waals surface area contributed by atoms with Crippen molar-refractivity contribution in [3.8, 4) is 0 Å². The van der Waals surface area contributed by atoms with Gasteiger partial charge in [0.15, 0.2) is 0 Å². The second kappa shape index (κ2) is 13.6. The Hall–Kier alpha value is -4.61. The smallest absolute Gasteiger partial charge is 0.475 e. The van der Waals surface area contributed by atoms with Crippen molar-refractivity contribution in [2.75, 3.05) is 11.9 Å². The van der Waals surface area contributed by atoms with Crippen LogP contribution in [-0.4, -0.2) is 46.5 Å². The minimum absolute atomic E-state index is 0.115. The number of aromatic nitrogens is 1. The third-order valence-corrected chi connectivity index (χ3v) is 4.91. The van der Waals surface area contributed by atoms with Gasteiger partial charge in [0, 0.05) is 31.5 Å². The first-order chi connectivity index (χ1) is 17.9. The van der Waals surface area contributed by atoms with Gasteiger partial charge in [-0.3, -0.25) is 4.79 Å². The van der Waals surface area contributed by atoms with Crippen molar-refractivity contribution >= 4 is 29.7 Å². The average molecular weight is 533 g/mol. The van der Waals surface area contributed by atoms with Crippen LogP contribution in [0.15, 0.2) is 66.0 Å². The van der Waals surface area contributed by atoms with Gasteiger partial charge in [0.1, 0.15) is 0 Å². The van der Waals surface area contributed by atoms with Gasteiger partial charge in [-0.25, -0.2) is 9.59 Å². The molecule has 1 heterocycles. The number of carbonyl (C=O) groups excluding carboxylic acids is 2. The zero-order chi connectivity index (χ0) is 28.3. The summed E-state index contributed by atoms with van der Waals surface area (Å²) in [5.41, 5.74) is 5.17. The minimum Gasteiger partial charge on any atom is -0.475 e. The Bertz CT molecular complexity index is 1280. The SMILES string of the molecule is CCOC(=O)c1cn(Cc2cccc(C=NN)c2)cc1Cc1ccc(NC(C)=O)cc1.O=C(O)C(F)(F)F. The molecule has 38 heavy (non-hydrogen) atoms. The summed E-state index contributed by atoms with van der Waals surface area (Å²) in [5, 5.41) is 13.4. The lowest BCUT2D eigenvalue weighted by molar-refractivity contribution is -0.192. The minimum atomic E-state index is -5.08. The number of hydrogen-bond donors (Lipinski definition) is 3. The Labute approximate surface area is 216 Å². The van der Waals surface area contributed by atoms with Gasteiger partial charge < -0.3 is 25.6 Å². The lowest BCUT2D eigenvalue weighted by Crippen LogP contribution is -2.21. The van der Waals surface area contributed by atoms with Crippen LogP contribution in [0.2, 0.25) is 0 Å². The Morgan fingerprint density at radius 3 is 2.32 bits per heavy atom. The van der Waals surface area contributed by atoms with E-state index in [4.69, 9.17) is 20.5 Å². The summed E-state index contributed by atoms with van der Waals surface area (Å²) in [4.78, 5) is 32.6. The van der Waals surface area contributed by atoms with Crippen LogP contribution in [0.5, 0.6) is 0 Å². The number of amides is 1. The van der Waals surface area contributed by atoms with E-state index >= 15 is 0 Å².